The van der Waals surface area contributed by atoms with Crippen LogP contribution in [0.3, 0.4) is 0 Å². The summed E-state index contributed by atoms with van der Waals surface area (Å²) in [6, 6.07) is 11.9. The molecule has 0 aliphatic carbocycles. The van der Waals surface area contributed by atoms with E-state index >= 15 is 0 Å². The van der Waals surface area contributed by atoms with E-state index in [0.717, 1.165) is 81.9 Å². The average Bonchev–Trinajstić information content (AvgIpc) is 3.36. The second kappa shape index (κ2) is 13.2. The molecule has 0 unspecified atom stereocenters. The number of piperidine rings is 1. The van der Waals surface area contributed by atoms with E-state index in [1.165, 1.54) is 17.4 Å². The molecule has 0 saturated carbocycles. The van der Waals surface area contributed by atoms with Crippen molar-refractivity contribution in [2.45, 2.75) is 44.3 Å². The number of carbonyl (C=O) groups excluding carboxylic acids is 1. The number of anilines is 2. The highest BCUT2D eigenvalue weighted by atomic mass is 32.1. The number of rotatable bonds is 5. The minimum atomic E-state index is -4.43. The van der Waals surface area contributed by atoms with Crippen LogP contribution in [0.2, 0.25) is 0 Å². The molecule has 11 heteroatoms. The number of nitrogens with two attached hydrogens (primary N) is 1. The maximum absolute atomic E-state index is 12.7. The number of hydrogen-bond acceptors (Lipinski definition) is 7. The molecule has 0 bridgehead atoms. The van der Waals surface area contributed by atoms with Crippen LogP contribution in [0, 0.1) is 5.92 Å². The van der Waals surface area contributed by atoms with Gasteiger partial charge in [0, 0.05) is 36.9 Å². The SMILES string of the molecule is Nc1nc(-c2ccccc2)cs1.O=C(Nc1ccc(C(F)(F)F)cn1)[C@@H]1CCCCN1CC1CCOCC1. The van der Waals surface area contributed by atoms with Crippen LogP contribution in [0.1, 0.15) is 37.7 Å². The number of aromatic nitrogens is 2. The topological polar surface area (TPSA) is 93.4 Å². The maximum Gasteiger partial charge on any atom is 0.417 e. The molecule has 7 nitrogen and oxygen atoms in total. The van der Waals surface area contributed by atoms with Crippen molar-refractivity contribution >= 4 is 28.2 Å². The third-order valence-corrected chi connectivity index (χ3v) is 7.36. The first-order valence-corrected chi connectivity index (χ1v) is 13.6. The van der Waals surface area contributed by atoms with Gasteiger partial charge in [-0.25, -0.2) is 9.97 Å². The Morgan fingerprint density at radius 2 is 1.87 bits per heavy atom. The molecule has 4 heterocycles. The average molecular weight is 548 g/mol. The molecule has 0 spiro atoms. The van der Waals surface area contributed by atoms with E-state index in [9.17, 15) is 18.0 Å². The number of nitrogens with zero attached hydrogens (tertiary/aromatic N) is 3. The van der Waals surface area contributed by atoms with Crippen LogP contribution >= 0.6 is 11.3 Å². The fourth-order valence-electron chi connectivity index (χ4n) is 4.64. The summed E-state index contributed by atoms with van der Waals surface area (Å²) >= 11 is 1.47. The lowest BCUT2D eigenvalue weighted by molar-refractivity contribution is -0.137. The molecule has 204 valence electrons. The predicted molar refractivity (Wildman–Crippen MR) is 143 cm³/mol. The number of likely N-dealkylation sites (tertiary alicyclic amines) is 1. The molecule has 1 atom stereocenters. The first kappa shape index (κ1) is 28.0. The van der Waals surface area contributed by atoms with Crippen LogP contribution in [0.25, 0.3) is 11.3 Å². The summed E-state index contributed by atoms with van der Waals surface area (Å²) in [5.41, 5.74) is 6.77. The Morgan fingerprint density at radius 3 is 2.50 bits per heavy atom. The van der Waals surface area contributed by atoms with E-state index in [1.54, 1.807) is 0 Å². The Kier molecular flexibility index (Phi) is 9.70. The van der Waals surface area contributed by atoms with Gasteiger partial charge < -0.3 is 15.8 Å². The summed E-state index contributed by atoms with van der Waals surface area (Å²) in [4.78, 5) is 22.8. The van der Waals surface area contributed by atoms with E-state index in [0.29, 0.717) is 11.0 Å². The van der Waals surface area contributed by atoms with Gasteiger partial charge in [0.2, 0.25) is 5.91 Å². The van der Waals surface area contributed by atoms with Crippen molar-refractivity contribution in [2.24, 2.45) is 5.92 Å². The summed E-state index contributed by atoms with van der Waals surface area (Å²) < 4.78 is 43.2. The van der Waals surface area contributed by atoms with E-state index in [2.05, 4.69) is 20.2 Å². The van der Waals surface area contributed by atoms with Gasteiger partial charge in [0.25, 0.3) is 0 Å². The van der Waals surface area contributed by atoms with Crippen molar-refractivity contribution in [1.82, 2.24) is 14.9 Å². The molecule has 1 amide bonds. The number of amides is 1. The summed E-state index contributed by atoms with van der Waals surface area (Å²) in [5, 5.41) is 5.26. The normalized spacial score (nSPS) is 18.9. The van der Waals surface area contributed by atoms with Crippen molar-refractivity contribution < 1.29 is 22.7 Å². The lowest BCUT2D eigenvalue weighted by atomic mass is 9.95. The van der Waals surface area contributed by atoms with Crippen molar-refractivity contribution in [3.63, 3.8) is 0 Å². The van der Waals surface area contributed by atoms with E-state index in [4.69, 9.17) is 10.5 Å². The van der Waals surface area contributed by atoms with E-state index < -0.39 is 11.7 Å². The van der Waals surface area contributed by atoms with Crippen molar-refractivity contribution in [3.05, 3.63) is 59.6 Å². The summed E-state index contributed by atoms with van der Waals surface area (Å²) in [6.07, 6.45) is 1.12. The molecule has 2 aromatic heterocycles. The Labute approximate surface area is 224 Å². The van der Waals surface area contributed by atoms with Crippen LogP contribution < -0.4 is 11.1 Å². The number of benzene rings is 1. The van der Waals surface area contributed by atoms with Gasteiger partial charge in [0.15, 0.2) is 5.13 Å². The van der Waals surface area contributed by atoms with Crippen molar-refractivity contribution in [2.75, 3.05) is 37.4 Å². The summed E-state index contributed by atoms with van der Waals surface area (Å²) in [6.45, 7) is 3.27. The van der Waals surface area contributed by atoms with Gasteiger partial charge >= 0.3 is 6.18 Å². The first-order chi connectivity index (χ1) is 18.3. The molecule has 38 heavy (non-hydrogen) atoms. The highest BCUT2D eigenvalue weighted by molar-refractivity contribution is 7.13. The lowest BCUT2D eigenvalue weighted by Crippen LogP contribution is -2.49. The van der Waals surface area contributed by atoms with Crippen molar-refractivity contribution in [1.29, 1.82) is 0 Å². The van der Waals surface area contributed by atoms with Crippen molar-refractivity contribution in [3.8, 4) is 11.3 Å². The fraction of sp³-hybridized carbons (Fsp3) is 0.444. The lowest BCUT2D eigenvalue weighted by Gasteiger charge is -2.37. The number of carbonyl (C=O) groups is 1. The number of pyridine rings is 1. The monoisotopic (exact) mass is 547 g/mol. The smallest absolute Gasteiger partial charge is 0.381 e. The largest absolute Gasteiger partial charge is 0.417 e. The highest BCUT2D eigenvalue weighted by Gasteiger charge is 2.32. The van der Waals surface area contributed by atoms with Gasteiger partial charge in [-0.15, -0.1) is 11.3 Å². The molecule has 2 aliphatic rings. The van der Waals surface area contributed by atoms with Gasteiger partial charge in [0.1, 0.15) is 5.82 Å². The number of nitrogens with one attached hydrogen (secondary N) is 1. The standard InChI is InChI=1S/C18H24F3N3O2.C9H8N2S/c19-18(20,21)14-4-5-16(22-11-14)23-17(25)15-3-1-2-8-24(15)12-13-6-9-26-10-7-13;10-9-11-8(6-12-9)7-4-2-1-3-5-7/h4-5,11,13,15H,1-3,6-10,12H2,(H,22,23,25);1-6H,(H2,10,11)/t15-;/m0./s1. The van der Waals surface area contributed by atoms with Crippen LogP contribution in [-0.2, 0) is 15.7 Å². The van der Waals surface area contributed by atoms with Crippen LogP contribution in [-0.4, -0.2) is 53.1 Å². The number of thiazole rings is 1. The molecule has 3 aromatic rings. The molecular weight excluding hydrogens is 515 g/mol. The van der Waals surface area contributed by atoms with Gasteiger partial charge in [-0.3, -0.25) is 9.69 Å². The number of alkyl halides is 3. The Hall–Kier alpha value is -3.02. The molecule has 3 N–H and O–H groups in total. The highest BCUT2D eigenvalue weighted by Crippen LogP contribution is 2.29. The van der Waals surface area contributed by atoms with E-state index in [1.807, 2.05) is 35.7 Å². The zero-order valence-electron chi connectivity index (χ0n) is 21.0. The molecule has 0 radical (unpaired) electrons. The molecule has 2 fully saturated rings. The van der Waals surface area contributed by atoms with Crippen LogP contribution in [0.15, 0.2) is 54.0 Å². The zero-order chi connectivity index (χ0) is 27.0. The Morgan fingerprint density at radius 1 is 1.11 bits per heavy atom. The van der Waals surface area contributed by atoms with Gasteiger partial charge in [0.05, 0.1) is 17.3 Å². The van der Waals surface area contributed by atoms with Crippen LogP contribution in [0.5, 0.6) is 0 Å². The predicted octanol–water partition coefficient (Wildman–Crippen LogP) is 5.71. The fourth-order valence-corrected chi connectivity index (χ4v) is 5.21. The minimum Gasteiger partial charge on any atom is -0.381 e. The van der Waals surface area contributed by atoms with Gasteiger partial charge in [-0.05, 0) is 50.3 Å². The number of halogens is 3. The molecule has 2 aliphatic heterocycles. The zero-order valence-corrected chi connectivity index (χ0v) is 21.8. The molecule has 5 rings (SSSR count). The summed E-state index contributed by atoms with van der Waals surface area (Å²) in [7, 11) is 0. The quantitative estimate of drug-likeness (QED) is 0.425. The molecule has 1 aromatic carbocycles. The minimum absolute atomic E-state index is 0.152. The number of ether oxygens (including phenoxy) is 1. The third kappa shape index (κ3) is 7.99. The first-order valence-electron chi connectivity index (χ1n) is 12.7. The maximum atomic E-state index is 12.7. The number of hydrogen-bond donors (Lipinski definition) is 2. The number of nitrogen functional groups attached to an aromatic ring is 1. The molecular formula is C27H32F3N5O2S. The third-order valence-electron chi connectivity index (χ3n) is 6.68. The van der Waals surface area contributed by atoms with E-state index in [-0.39, 0.29) is 17.8 Å². The second-order valence-electron chi connectivity index (χ2n) is 9.42. The van der Waals surface area contributed by atoms with Crippen LogP contribution in [0.4, 0.5) is 24.1 Å². The Balaban J connectivity index is 0.000000232. The Bertz CT molecular complexity index is 1150. The summed E-state index contributed by atoms with van der Waals surface area (Å²) in [5.74, 6) is 0.491. The molecule has 2 saturated heterocycles. The second-order valence-corrected chi connectivity index (χ2v) is 10.3. The van der Waals surface area contributed by atoms with Gasteiger partial charge in [-0.2, -0.15) is 13.2 Å². The van der Waals surface area contributed by atoms with Gasteiger partial charge in [-0.1, -0.05) is 36.8 Å².